The minimum atomic E-state index is 0.136. The van der Waals surface area contributed by atoms with Crippen molar-refractivity contribution in [2.75, 3.05) is 12.9 Å². The number of imidazole rings is 1. The molecule has 23 heavy (non-hydrogen) atoms. The van der Waals surface area contributed by atoms with E-state index in [9.17, 15) is 4.79 Å². The van der Waals surface area contributed by atoms with Crippen molar-refractivity contribution in [2.45, 2.75) is 12.1 Å². The molecule has 0 fully saturated rings. The van der Waals surface area contributed by atoms with Crippen molar-refractivity contribution in [3.05, 3.63) is 58.5 Å². The highest BCUT2D eigenvalue weighted by molar-refractivity contribution is 7.99. The number of methoxy groups -OCH3 is 1. The topological polar surface area (TPSA) is 44.1 Å². The maximum atomic E-state index is 12.2. The minimum absolute atomic E-state index is 0.136. The summed E-state index contributed by atoms with van der Waals surface area (Å²) in [6.45, 7) is 2.00. The number of thiophene rings is 1. The molecule has 3 rings (SSSR count). The quantitative estimate of drug-likeness (QED) is 0.496. The van der Waals surface area contributed by atoms with Crippen LogP contribution < -0.4 is 4.74 Å². The largest absolute Gasteiger partial charge is 0.497 e. The first-order chi connectivity index (χ1) is 11.2. The molecule has 118 valence electrons. The van der Waals surface area contributed by atoms with Gasteiger partial charge in [-0.3, -0.25) is 9.36 Å². The number of aryl methyl sites for hydroxylation is 1. The molecule has 0 N–H and O–H groups in total. The molecule has 0 unspecified atom stereocenters. The van der Waals surface area contributed by atoms with Crippen LogP contribution in [0.15, 0.2) is 53.9 Å². The molecule has 0 saturated carbocycles. The Morgan fingerprint density at radius 3 is 2.70 bits per heavy atom. The fourth-order valence-electron chi connectivity index (χ4n) is 2.12. The zero-order chi connectivity index (χ0) is 16.2. The Morgan fingerprint density at radius 1 is 1.26 bits per heavy atom. The molecular weight excluding hydrogens is 328 g/mol. The second kappa shape index (κ2) is 7.02. The Kier molecular flexibility index (Phi) is 4.83. The Labute approximate surface area is 143 Å². The van der Waals surface area contributed by atoms with Crippen LogP contribution in [-0.2, 0) is 0 Å². The van der Waals surface area contributed by atoms with Crippen LogP contribution in [0.2, 0.25) is 0 Å². The molecule has 1 aromatic carbocycles. The van der Waals surface area contributed by atoms with Crippen LogP contribution in [0, 0.1) is 6.92 Å². The van der Waals surface area contributed by atoms with Crippen molar-refractivity contribution >= 4 is 28.9 Å². The van der Waals surface area contributed by atoms with E-state index in [1.807, 2.05) is 54.1 Å². The second-order valence-electron chi connectivity index (χ2n) is 4.90. The van der Waals surface area contributed by atoms with Gasteiger partial charge in [-0.05, 0) is 43.3 Å². The predicted octanol–water partition coefficient (Wildman–Crippen LogP) is 4.23. The molecule has 0 aliphatic rings. The lowest BCUT2D eigenvalue weighted by Gasteiger charge is -2.08. The van der Waals surface area contributed by atoms with Crippen molar-refractivity contribution < 1.29 is 9.53 Å². The van der Waals surface area contributed by atoms with Crippen LogP contribution in [0.5, 0.6) is 5.75 Å². The van der Waals surface area contributed by atoms with Crippen molar-refractivity contribution in [1.29, 1.82) is 0 Å². The average molecular weight is 344 g/mol. The Balaban J connectivity index is 1.72. The van der Waals surface area contributed by atoms with Gasteiger partial charge < -0.3 is 4.74 Å². The molecular formula is C17H16N2O2S2. The Hall–Kier alpha value is -2.05. The molecule has 2 aromatic heterocycles. The lowest BCUT2D eigenvalue weighted by Crippen LogP contribution is -2.02. The molecule has 0 bridgehead atoms. The van der Waals surface area contributed by atoms with Gasteiger partial charge in [-0.25, -0.2) is 4.98 Å². The number of ether oxygens (including phenoxy) is 1. The van der Waals surface area contributed by atoms with Crippen LogP contribution >= 0.6 is 23.1 Å². The molecule has 0 aliphatic heterocycles. The molecule has 0 radical (unpaired) electrons. The van der Waals surface area contributed by atoms with E-state index in [-0.39, 0.29) is 5.78 Å². The first-order valence-corrected chi connectivity index (χ1v) is 8.88. The fraction of sp³-hybridized carbons (Fsp3) is 0.176. The third-order valence-electron chi connectivity index (χ3n) is 3.30. The summed E-state index contributed by atoms with van der Waals surface area (Å²) in [7, 11) is 1.64. The Morgan fingerprint density at radius 2 is 2.04 bits per heavy atom. The summed E-state index contributed by atoms with van der Waals surface area (Å²) >= 11 is 2.98. The van der Waals surface area contributed by atoms with E-state index in [0.717, 1.165) is 26.3 Å². The zero-order valence-corrected chi connectivity index (χ0v) is 14.5. The van der Waals surface area contributed by atoms with Gasteiger partial charge in [-0.2, -0.15) is 0 Å². The lowest BCUT2D eigenvalue weighted by atomic mass is 10.3. The zero-order valence-electron chi connectivity index (χ0n) is 12.9. The molecule has 4 nitrogen and oxygen atoms in total. The smallest absolute Gasteiger partial charge is 0.183 e. The summed E-state index contributed by atoms with van der Waals surface area (Å²) in [5.74, 6) is 1.33. The highest BCUT2D eigenvalue weighted by Gasteiger charge is 2.12. The molecule has 3 aromatic rings. The molecule has 0 spiro atoms. The summed E-state index contributed by atoms with van der Waals surface area (Å²) < 4.78 is 7.14. The maximum Gasteiger partial charge on any atom is 0.183 e. The van der Waals surface area contributed by atoms with Crippen LogP contribution in [0.3, 0.4) is 0 Å². The molecule has 6 heteroatoms. The van der Waals surface area contributed by atoms with Gasteiger partial charge in [0.2, 0.25) is 0 Å². The summed E-state index contributed by atoms with van der Waals surface area (Å²) in [4.78, 5) is 18.5. The standard InChI is InChI=1S/C17H16N2O2S2/c1-12-3-8-16(23-12)15(20)11-22-17-18-9-10-19(17)13-4-6-14(21-2)7-5-13/h3-10H,11H2,1-2H3. The number of ketones is 1. The molecule has 0 aliphatic carbocycles. The molecule has 2 heterocycles. The summed E-state index contributed by atoms with van der Waals surface area (Å²) in [5, 5.41) is 0.803. The van der Waals surface area contributed by atoms with Crippen molar-refractivity contribution in [3.8, 4) is 11.4 Å². The minimum Gasteiger partial charge on any atom is -0.497 e. The fourth-order valence-corrected chi connectivity index (χ4v) is 3.87. The van der Waals surface area contributed by atoms with Crippen molar-refractivity contribution in [1.82, 2.24) is 9.55 Å². The van der Waals surface area contributed by atoms with Crippen LogP contribution in [0.1, 0.15) is 14.5 Å². The second-order valence-corrected chi connectivity index (χ2v) is 7.13. The highest BCUT2D eigenvalue weighted by atomic mass is 32.2. The third-order valence-corrected chi connectivity index (χ3v) is 5.31. The monoisotopic (exact) mass is 344 g/mol. The van der Waals surface area contributed by atoms with Crippen LogP contribution in [0.25, 0.3) is 5.69 Å². The number of hydrogen-bond acceptors (Lipinski definition) is 5. The van der Waals surface area contributed by atoms with Crippen molar-refractivity contribution in [2.24, 2.45) is 0 Å². The molecule has 0 atom stereocenters. The van der Waals surface area contributed by atoms with Gasteiger partial charge in [0.25, 0.3) is 0 Å². The highest BCUT2D eigenvalue weighted by Crippen LogP contribution is 2.24. The summed E-state index contributed by atoms with van der Waals surface area (Å²) in [6, 6.07) is 11.6. The van der Waals surface area contributed by atoms with E-state index >= 15 is 0 Å². The number of benzene rings is 1. The van der Waals surface area contributed by atoms with Gasteiger partial charge in [0, 0.05) is 23.0 Å². The van der Waals surface area contributed by atoms with E-state index in [1.165, 1.54) is 23.1 Å². The van der Waals surface area contributed by atoms with Crippen molar-refractivity contribution in [3.63, 3.8) is 0 Å². The van der Waals surface area contributed by atoms with E-state index in [2.05, 4.69) is 4.98 Å². The van der Waals surface area contributed by atoms with Gasteiger partial charge in [0.1, 0.15) is 5.75 Å². The van der Waals surface area contributed by atoms with E-state index in [4.69, 9.17) is 4.74 Å². The SMILES string of the molecule is COc1ccc(-n2ccnc2SCC(=O)c2ccc(C)s2)cc1. The number of thioether (sulfide) groups is 1. The van der Waals surface area contributed by atoms with E-state index in [1.54, 1.807) is 13.3 Å². The first-order valence-electron chi connectivity index (χ1n) is 7.07. The number of nitrogens with zero attached hydrogens (tertiary/aromatic N) is 2. The number of carbonyl (C=O) groups is 1. The third kappa shape index (κ3) is 3.65. The summed E-state index contributed by atoms with van der Waals surface area (Å²) in [5.41, 5.74) is 0.991. The lowest BCUT2D eigenvalue weighted by molar-refractivity contribution is 0.102. The van der Waals surface area contributed by atoms with Crippen LogP contribution in [-0.4, -0.2) is 28.2 Å². The number of Topliss-reactive ketones (excluding diaryl/α,β-unsaturated/α-hetero) is 1. The van der Waals surface area contributed by atoms with Gasteiger partial charge in [-0.1, -0.05) is 11.8 Å². The first kappa shape index (κ1) is 15.8. The number of hydrogen-bond donors (Lipinski definition) is 0. The van der Waals surface area contributed by atoms with Gasteiger partial charge in [0.05, 0.1) is 17.7 Å². The van der Waals surface area contributed by atoms with E-state index in [0.29, 0.717) is 5.75 Å². The normalized spacial score (nSPS) is 10.7. The van der Waals surface area contributed by atoms with Gasteiger partial charge in [0.15, 0.2) is 10.9 Å². The van der Waals surface area contributed by atoms with E-state index < -0.39 is 0 Å². The maximum absolute atomic E-state index is 12.2. The molecule has 0 amide bonds. The number of aromatic nitrogens is 2. The predicted molar refractivity (Wildman–Crippen MR) is 94.2 cm³/mol. The van der Waals surface area contributed by atoms with Gasteiger partial charge in [-0.15, -0.1) is 11.3 Å². The summed E-state index contributed by atoms with van der Waals surface area (Å²) in [6.07, 6.45) is 3.64. The average Bonchev–Trinajstić information content (AvgIpc) is 3.21. The number of carbonyl (C=O) groups excluding carboxylic acids is 1. The Bertz CT molecular complexity index is 806. The van der Waals surface area contributed by atoms with Gasteiger partial charge >= 0.3 is 0 Å². The van der Waals surface area contributed by atoms with Crippen LogP contribution in [0.4, 0.5) is 0 Å². The number of rotatable bonds is 6. The molecule has 0 saturated heterocycles.